The van der Waals surface area contributed by atoms with Gasteiger partial charge in [-0.25, -0.2) is 0 Å². The first-order chi connectivity index (χ1) is 7.68. The molecule has 0 unspecified atom stereocenters. The van der Waals surface area contributed by atoms with E-state index in [0.717, 1.165) is 0 Å². The number of benzene rings is 1. The summed E-state index contributed by atoms with van der Waals surface area (Å²) in [6.07, 6.45) is 2.74. The van der Waals surface area contributed by atoms with Gasteiger partial charge in [-0.15, -0.1) is 0 Å². The van der Waals surface area contributed by atoms with E-state index in [4.69, 9.17) is 11.6 Å². The highest BCUT2D eigenvalue weighted by molar-refractivity contribution is 9.10. The third-order valence-corrected chi connectivity index (χ3v) is 3.18. The largest absolute Gasteiger partial charge is 0.363 e. The molecule has 0 bridgehead atoms. The lowest BCUT2D eigenvalue weighted by atomic mass is 10.2. The van der Waals surface area contributed by atoms with Crippen LogP contribution in [0.3, 0.4) is 0 Å². The molecule has 1 aromatic carbocycles. The van der Waals surface area contributed by atoms with Gasteiger partial charge in [-0.05, 0) is 28.1 Å². The molecule has 0 aliphatic rings. The lowest BCUT2D eigenvalue weighted by Crippen LogP contribution is -2.11. The van der Waals surface area contributed by atoms with Crippen molar-refractivity contribution in [2.24, 2.45) is 0 Å². The smallest absolute Gasteiger partial charge is 0.257 e. The summed E-state index contributed by atoms with van der Waals surface area (Å²) in [7, 11) is 0. The summed E-state index contributed by atoms with van der Waals surface area (Å²) < 4.78 is 5.27. The maximum atomic E-state index is 11.8. The number of amides is 1. The van der Waals surface area contributed by atoms with Crippen molar-refractivity contribution in [2.45, 2.75) is 0 Å². The molecular weight excluding hydrogens is 295 g/mol. The Bertz CT molecular complexity index is 514. The predicted molar refractivity (Wildman–Crippen MR) is 63.6 cm³/mol. The monoisotopic (exact) mass is 300 g/mol. The molecule has 0 saturated heterocycles. The van der Waals surface area contributed by atoms with Crippen molar-refractivity contribution < 1.29 is 9.32 Å². The lowest BCUT2D eigenvalue weighted by Gasteiger charge is -2.05. The molecule has 6 heteroatoms. The van der Waals surface area contributed by atoms with Crippen LogP contribution in [-0.4, -0.2) is 11.1 Å². The molecule has 1 heterocycles. The van der Waals surface area contributed by atoms with Gasteiger partial charge in [-0.1, -0.05) is 22.8 Å². The summed E-state index contributed by atoms with van der Waals surface area (Å²) in [4.78, 5) is 11.8. The number of aromatic nitrogens is 1. The molecule has 4 nitrogen and oxygen atoms in total. The van der Waals surface area contributed by atoms with Crippen LogP contribution in [0.2, 0.25) is 5.02 Å². The van der Waals surface area contributed by atoms with Crippen molar-refractivity contribution >= 4 is 39.1 Å². The predicted octanol–water partition coefficient (Wildman–Crippen LogP) is 3.34. The van der Waals surface area contributed by atoms with Crippen LogP contribution in [0.15, 0.2) is 39.7 Å². The van der Waals surface area contributed by atoms with E-state index >= 15 is 0 Å². The average molecular weight is 302 g/mol. The Labute approximate surface area is 105 Å². The molecule has 1 aromatic heterocycles. The SMILES string of the molecule is O=C(Nc1cnoc1)c1cccc(Br)c1Cl. The lowest BCUT2D eigenvalue weighted by molar-refractivity contribution is 0.102. The van der Waals surface area contributed by atoms with Crippen LogP contribution in [-0.2, 0) is 0 Å². The van der Waals surface area contributed by atoms with Gasteiger partial charge in [-0.2, -0.15) is 0 Å². The highest BCUT2D eigenvalue weighted by Gasteiger charge is 2.12. The summed E-state index contributed by atoms with van der Waals surface area (Å²) in [5, 5.41) is 6.45. The minimum Gasteiger partial charge on any atom is -0.363 e. The molecule has 16 heavy (non-hydrogen) atoms. The quantitative estimate of drug-likeness (QED) is 0.925. The minimum absolute atomic E-state index is 0.311. The standard InChI is InChI=1S/C10H6BrClN2O2/c11-8-3-1-2-7(9(8)12)10(15)14-6-4-13-16-5-6/h1-5H,(H,14,15). The molecule has 0 spiro atoms. The van der Waals surface area contributed by atoms with Crippen LogP contribution in [0.5, 0.6) is 0 Å². The Morgan fingerprint density at radius 2 is 2.31 bits per heavy atom. The van der Waals surface area contributed by atoms with E-state index in [1.54, 1.807) is 18.2 Å². The van der Waals surface area contributed by atoms with E-state index < -0.39 is 0 Å². The van der Waals surface area contributed by atoms with Crippen molar-refractivity contribution in [3.05, 3.63) is 45.7 Å². The molecule has 0 aliphatic heterocycles. The zero-order valence-corrected chi connectivity index (χ0v) is 10.2. The molecule has 0 radical (unpaired) electrons. The molecule has 0 aliphatic carbocycles. The van der Waals surface area contributed by atoms with E-state index in [-0.39, 0.29) is 5.91 Å². The molecule has 0 atom stereocenters. The van der Waals surface area contributed by atoms with Gasteiger partial charge in [0.15, 0.2) is 0 Å². The summed E-state index contributed by atoms with van der Waals surface area (Å²) in [6.45, 7) is 0. The van der Waals surface area contributed by atoms with Gasteiger partial charge in [0.2, 0.25) is 0 Å². The Hall–Kier alpha value is -1.33. The van der Waals surface area contributed by atoms with E-state index in [0.29, 0.717) is 20.7 Å². The zero-order chi connectivity index (χ0) is 11.5. The second-order valence-corrected chi connectivity index (χ2v) is 4.20. The maximum Gasteiger partial charge on any atom is 0.257 e. The topological polar surface area (TPSA) is 55.1 Å². The summed E-state index contributed by atoms with van der Waals surface area (Å²) in [6, 6.07) is 5.13. The fraction of sp³-hybridized carbons (Fsp3) is 0. The van der Waals surface area contributed by atoms with E-state index in [2.05, 4.69) is 30.9 Å². The Balaban J connectivity index is 2.24. The Morgan fingerprint density at radius 1 is 1.50 bits per heavy atom. The average Bonchev–Trinajstić information content (AvgIpc) is 2.74. The van der Waals surface area contributed by atoms with Crippen LogP contribution < -0.4 is 5.32 Å². The van der Waals surface area contributed by atoms with Gasteiger partial charge in [0.1, 0.15) is 12.0 Å². The van der Waals surface area contributed by atoms with Crippen LogP contribution >= 0.6 is 27.5 Å². The number of hydrogen-bond acceptors (Lipinski definition) is 3. The number of halogens is 2. The Morgan fingerprint density at radius 3 is 3.00 bits per heavy atom. The first-order valence-corrected chi connectivity index (χ1v) is 5.50. The second-order valence-electron chi connectivity index (χ2n) is 2.97. The molecule has 82 valence electrons. The molecular formula is C10H6BrClN2O2. The number of hydrogen-bond donors (Lipinski definition) is 1. The zero-order valence-electron chi connectivity index (χ0n) is 7.91. The molecule has 1 amide bonds. The molecule has 0 saturated carbocycles. The summed E-state index contributed by atoms with van der Waals surface area (Å²) in [5.74, 6) is -0.311. The number of carbonyl (C=O) groups is 1. The third-order valence-electron chi connectivity index (χ3n) is 1.89. The number of nitrogens with one attached hydrogen (secondary N) is 1. The summed E-state index contributed by atoms with van der Waals surface area (Å²) in [5.41, 5.74) is 0.873. The van der Waals surface area contributed by atoms with E-state index in [1.807, 2.05) is 0 Å². The molecule has 2 rings (SSSR count). The van der Waals surface area contributed by atoms with E-state index in [9.17, 15) is 4.79 Å². The third kappa shape index (κ3) is 2.25. The Kier molecular flexibility index (Phi) is 3.26. The van der Waals surface area contributed by atoms with Gasteiger partial charge in [-0.3, -0.25) is 4.79 Å². The van der Waals surface area contributed by atoms with Crippen molar-refractivity contribution in [1.29, 1.82) is 0 Å². The highest BCUT2D eigenvalue weighted by atomic mass is 79.9. The van der Waals surface area contributed by atoms with Gasteiger partial charge in [0.25, 0.3) is 5.91 Å². The molecule has 1 N–H and O–H groups in total. The fourth-order valence-corrected chi connectivity index (χ4v) is 1.72. The molecule has 0 fully saturated rings. The number of anilines is 1. The minimum atomic E-state index is -0.311. The first kappa shape index (κ1) is 11.2. The first-order valence-electron chi connectivity index (χ1n) is 4.33. The van der Waals surface area contributed by atoms with Crippen molar-refractivity contribution in [1.82, 2.24) is 5.16 Å². The van der Waals surface area contributed by atoms with Crippen molar-refractivity contribution in [3.8, 4) is 0 Å². The van der Waals surface area contributed by atoms with Crippen LogP contribution in [0, 0.1) is 0 Å². The number of nitrogens with zero attached hydrogens (tertiary/aromatic N) is 1. The van der Waals surface area contributed by atoms with Crippen LogP contribution in [0.4, 0.5) is 5.69 Å². The fourth-order valence-electron chi connectivity index (χ4n) is 1.14. The number of carbonyl (C=O) groups excluding carboxylic acids is 1. The van der Waals surface area contributed by atoms with Gasteiger partial charge in [0.05, 0.1) is 16.8 Å². The second kappa shape index (κ2) is 4.67. The van der Waals surface area contributed by atoms with Crippen LogP contribution in [0.25, 0.3) is 0 Å². The van der Waals surface area contributed by atoms with Crippen molar-refractivity contribution in [3.63, 3.8) is 0 Å². The van der Waals surface area contributed by atoms with Crippen LogP contribution in [0.1, 0.15) is 10.4 Å². The maximum absolute atomic E-state index is 11.8. The van der Waals surface area contributed by atoms with Gasteiger partial charge >= 0.3 is 0 Å². The molecule has 2 aromatic rings. The van der Waals surface area contributed by atoms with E-state index in [1.165, 1.54) is 12.5 Å². The van der Waals surface area contributed by atoms with Gasteiger partial charge < -0.3 is 9.84 Å². The highest BCUT2D eigenvalue weighted by Crippen LogP contribution is 2.26. The van der Waals surface area contributed by atoms with Gasteiger partial charge in [0, 0.05) is 4.47 Å². The number of rotatable bonds is 2. The normalized spacial score (nSPS) is 10.1. The summed E-state index contributed by atoms with van der Waals surface area (Å²) >= 11 is 9.23. The van der Waals surface area contributed by atoms with Crippen molar-refractivity contribution in [2.75, 3.05) is 5.32 Å².